The third kappa shape index (κ3) is 3.23. The molecule has 0 aliphatic rings. The summed E-state index contributed by atoms with van der Waals surface area (Å²) in [6.07, 6.45) is 3.31. The Hall–Kier alpha value is -1.58. The van der Waals surface area contributed by atoms with Gasteiger partial charge in [-0.15, -0.1) is 0 Å². The zero-order valence-electron chi connectivity index (χ0n) is 9.60. The van der Waals surface area contributed by atoms with Gasteiger partial charge in [-0.2, -0.15) is 0 Å². The predicted octanol–water partition coefficient (Wildman–Crippen LogP) is 1.27. The standard InChI is InChI=1S/C11H17N2O2/c1-9(15-11(14)12(2)3)10-5-7-13(4)8-6-10/h5-9H,1-4H3/q+1. The van der Waals surface area contributed by atoms with Crippen molar-refractivity contribution < 1.29 is 14.1 Å². The minimum Gasteiger partial charge on any atom is -0.442 e. The third-order valence-electron chi connectivity index (χ3n) is 2.12. The molecule has 0 N–H and O–H groups in total. The van der Waals surface area contributed by atoms with E-state index in [1.54, 1.807) is 14.1 Å². The van der Waals surface area contributed by atoms with Crippen molar-refractivity contribution in [2.75, 3.05) is 14.1 Å². The van der Waals surface area contributed by atoms with Crippen LogP contribution in [0.5, 0.6) is 0 Å². The highest BCUT2D eigenvalue weighted by atomic mass is 16.6. The van der Waals surface area contributed by atoms with Gasteiger partial charge in [0.2, 0.25) is 0 Å². The molecule has 15 heavy (non-hydrogen) atoms. The molecule has 0 aliphatic carbocycles. The molecule has 1 heterocycles. The topological polar surface area (TPSA) is 33.4 Å². The number of amides is 1. The van der Waals surface area contributed by atoms with E-state index in [1.807, 2.05) is 43.1 Å². The van der Waals surface area contributed by atoms with Gasteiger partial charge in [-0.1, -0.05) is 0 Å². The van der Waals surface area contributed by atoms with Crippen molar-refractivity contribution in [3.8, 4) is 0 Å². The minimum absolute atomic E-state index is 0.221. The molecule has 0 saturated heterocycles. The fraction of sp³-hybridized carbons (Fsp3) is 0.455. The Labute approximate surface area is 90.1 Å². The summed E-state index contributed by atoms with van der Waals surface area (Å²) in [4.78, 5) is 12.7. The third-order valence-corrected chi connectivity index (χ3v) is 2.12. The van der Waals surface area contributed by atoms with E-state index in [4.69, 9.17) is 4.74 Å². The Morgan fingerprint density at radius 3 is 2.40 bits per heavy atom. The zero-order chi connectivity index (χ0) is 11.4. The van der Waals surface area contributed by atoms with Crippen molar-refractivity contribution in [3.05, 3.63) is 30.1 Å². The average molecular weight is 209 g/mol. The lowest BCUT2D eigenvalue weighted by atomic mass is 10.2. The Morgan fingerprint density at radius 2 is 1.93 bits per heavy atom. The van der Waals surface area contributed by atoms with Crippen LogP contribution in [0.2, 0.25) is 0 Å². The highest BCUT2D eigenvalue weighted by Crippen LogP contribution is 2.15. The van der Waals surface area contributed by atoms with Gasteiger partial charge in [-0.05, 0) is 6.92 Å². The maximum Gasteiger partial charge on any atom is 0.409 e. The fourth-order valence-corrected chi connectivity index (χ4v) is 1.11. The van der Waals surface area contributed by atoms with Gasteiger partial charge in [0.05, 0.1) is 0 Å². The maximum absolute atomic E-state index is 11.3. The van der Waals surface area contributed by atoms with Crippen molar-refractivity contribution in [1.29, 1.82) is 0 Å². The first-order chi connectivity index (χ1) is 7.00. The fourth-order valence-electron chi connectivity index (χ4n) is 1.11. The molecular weight excluding hydrogens is 192 g/mol. The van der Waals surface area contributed by atoms with Crippen molar-refractivity contribution >= 4 is 6.09 Å². The number of pyridine rings is 1. The van der Waals surface area contributed by atoms with E-state index >= 15 is 0 Å². The molecule has 0 bridgehead atoms. The summed E-state index contributed by atoms with van der Waals surface area (Å²) in [6, 6.07) is 3.88. The van der Waals surface area contributed by atoms with Gasteiger partial charge in [-0.3, -0.25) is 0 Å². The van der Waals surface area contributed by atoms with E-state index in [0.717, 1.165) is 5.56 Å². The molecule has 82 valence electrons. The summed E-state index contributed by atoms with van der Waals surface area (Å²) in [7, 11) is 5.28. The van der Waals surface area contributed by atoms with Crippen LogP contribution in [0.15, 0.2) is 24.5 Å². The molecule has 0 aromatic carbocycles. The molecular formula is C11H17N2O2+. The van der Waals surface area contributed by atoms with Gasteiger partial charge in [0.15, 0.2) is 12.4 Å². The SMILES string of the molecule is CC(OC(=O)N(C)C)c1cc[n+](C)cc1. The Bertz CT molecular complexity index is 333. The highest BCUT2D eigenvalue weighted by molar-refractivity contribution is 5.67. The lowest BCUT2D eigenvalue weighted by Crippen LogP contribution is -2.27. The van der Waals surface area contributed by atoms with Gasteiger partial charge in [0.25, 0.3) is 0 Å². The van der Waals surface area contributed by atoms with Crippen LogP contribution < -0.4 is 4.57 Å². The van der Waals surface area contributed by atoms with Gasteiger partial charge >= 0.3 is 6.09 Å². The van der Waals surface area contributed by atoms with Crippen molar-refractivity contribution in [2.45, 2.75) is 13.0 Å². The van der Waals surface area contributed by atoms with Crippen molar-refractivity contribution in [3.63, 3.8) is 0 Å². The van der Waals surface area contributed by atoms with Crippen LogP contribution in [0.25, 0.3) is 0 Å². The summed E-state index contributed by atoms with van der Waals surface area (Å²) in [5.74, 6) is 0. The van der Waals surface area contributed by atoms with Crippen LogP contribution in [0.1, 0.15) is 18.6 Å². The molecule has 0 fully saturated rings. The van der Waals surface area contributed by atoms with Crippen LogP contribution in [0.4, 0.5) is 4.79 Å². The Morgan fingerprint density at radius 1 is 1.40 bits per heavy atom. The largest absolute Gasteiger partial charge is 0.442 e. The molecule has 0 saturated carbocycles. The van der Waals surface area contributed by atoms with Crippen molar-refractivity contribution in [1.82, 2.24) is 4.90 Å². The number of hydrogen-bond acceptors (Lipinski definition) is 2. The molecule has 1 aromatic rings. The molecule has 1 rings (SSSR count). The number of aromatic nitrogens is 1. The first kappa shape index (κ1) is 11.5. The monoisotopic (exact) mass is 209 g/mol. The molecule has 1 aromatic heterocycles. The Balaban J connectivity index is 2.65. The maximum atomic E-state index is 11.3. The number of carbonyl (C=O) groups is 1. The summed E-state index contributed by atoms with van der Waals surface area (Å²) in [6.45, 7) is 1.86. The van der Waals surface area contributed by atoms with Crippen LogP contribution >= 0.6 is 0 Å². The lowest BCUT2D eigenvalue weighted by Gasteiger charge is -2.16. The van der Waals surface area contributed by atoms with Gasteiger partial charge < -0.3 is 9.64 Å². The van der Waals surface area contributed by atoms with Crippen LogP contribution in [-0.4, -0.2) is 25.1 Å². The summed E-state index contributed by atoms with van der Waals surface area (Å²) < 4.78 is 7.15. The average Bonchev–Trinajstić information content (AvgIpc) is 2.18. The smallest absolute Gasteiger partial charge is 0.409 e. The molecule has 1 amide bonds. The second-order valence-corrected chi connectivity index (χ2v) is 3.72. The quantitative estimate of drug-likeness (QED) is 0.687. The second-order valence-electron chi connectivity index (χ2n) is 3.72. The summed E-state index contributed by atoms with van der Waals surface area (Å²) in [5.41, 5.74) is 0.989. The first-order valence-electron chi connectivity index (χ1n) is 4.84. The van der Waals surface area contributed by atoms with E-state index in [-0.39, 0.29) is 12.2 Å². The minimum atomic E-state index is -0.323. The molecule has 1 atom stereocenters. The second kappa shape index (κ2) is 4.77. The van der Waals surface area contributed by atoms with Crippen LogP contribution in [0.3, 0.4) is 0 Å². The van der Waals surface area contributed by atoms with E-state index in [9.17, 15) is 4.79 Å². The van der Waals surface area contributed by atoms with E-state index in [0.29, 0.717) is 0 Å². The Kier molecular flexibility index (Phi) is 3.66. The lowest BCUT2D eigenvalue weighted by molar-refractivity contribution is -0.671. The molecule has 4 heteroatoms. The normalized spacial score (nSPS) is 12.0. The van der Waals surface area contributed by atoms with Crippen LogP contribution in [-0.2, 0) is 11.8 Å². The van der Waals surface area contributed by atoms with Gasteiger partial charge in [-0.25, -0.2) is 9.36 Å². The number of carbonyl (C=O) groups excluding carboxylic acids is 1. The number of aryl methyl sites for hydroxylation is 1. The zero-order valence-corrected chi connectivity index (χ0v) is 9.60. The molecule has 1 unspecified atom stereocenters. The highest BCUT2D eigenvalue weighted by Gasteiger charge is 2.13. The van der Waals surface area contributed by atoms with Crippen molar-refractivity contribution in [2.24, 2.45) is 7.05 Å². The number of hydrogen-bond donors (Lipinski definition) is 0. The van der Waals surface area contributed by atoms with E-state index in [1.165, 1.54) is 4.90 Å². The number of ether oxygens (including phenoxy) is 1. The first-order valence-corrected chi connectivity index (χ1v) is 4.84. The summed E-state index contributed by atoms with van der Waals surface area (Å²) >= 11 is 0. The molecule has 0 radical (unpaired) electrons. The van der Waals surface area contributed by atoms with Gasteiger partial charge in [0, 0.05) is 31.8 Å². The molecule has 4 nitrogen and oxygen atoms in total. The van der Waals surface area contributed by atoms with E-state index in [2.05, 4.69) is 0 Å². The molecule has 0 aliphatic heterocycles. The van der Waals surface area contributed by atoms with E-state index < -0.39 is 0 Å². The number of rotatable bonds is 2. The van der Waals surface area contributed by atoms with Gasteiger partial charge in [0.1, 0.15) is 13.2 Å². The molecule has 0 spiro atoms. The van der Waals surface area contributed by atoms with Crippen LogP contribution in [0, 0.1) is 0 Å². The predicted molar refractivity (Wildman–Crippen MR) is 56.2 cm³/mol. The number of nitrogens with zero attached hydrogens (tertiary/aromatic N) is 2. The summed E-state index contributed by atoms with van der Waals surface area (Å²) in [5, 5.41) is 0.